The average molecular weight is 319 g/mol. The van der Waals surface area contributed by atoms with Gasteiger partial charge in [-0.1, -0.05) is 22.0 Å². The first kappa shape index (κ1) is 13.5. The van der Waals surface area contributed by atoms with E-state index in [2.05, 4.69) is 15.9 Å². The van der Waals surface area contributed by atoms with E-state index in [1.165, 1.54) is 12.1 Å². The summed E-state index contributed by atoms with van der Waals surface area (Å²) in [5, 5.41) is 8.97. The maximum atomic E-state index is 12.3. The number of carbonyl (C=O) groups is 2. The zero-order valence-corrected chi connectivity index (χ0v) is 11.8. The topological polar surface area (TPSA) is 54.4 Å². The number of halogens is 1. The lowest BCUT2D eigenvalue weighted by Gasteiger charge is -2.06. The predicted molar refractivity (Wildman–Crippen MR) is 75.7 cm³/mol. The fraction of sp³-hybridized carbons (Fsp3) is 0.0667. The molecule has 0 amide bonds. The zero-order chi connectivity index (χ0) is 14.0. The highest BCUT2D eigenvalue weighted by atomic mass is 79.9. The molecule has 0 unspecified atom stereocenters. The summed E-state index contributed by atoms with van der Waals surface area (Å²) in [5.41, 5.74) is 1.83. The molecule has 2 aromatic rings. The SMILES string of the molecule is Cc1ccc(C(=O)O)cc1C(=O)c1ccc(Br)cc1. The highest BCUT2D eigenvalue weighted by molar-refractivity contribution is 9.10. The Morgan fingerprint density at radius 2 is 1.58 bits per heavy atom. The molecule has 2 rings (SSSR count). The van der Waals surface area contributed by atoms with Crippen molar-refractivity contribution >= 4 is 27.7 Å². The van der Waals surface area contributed by atoms with Gasteiger partial charge in [-0.3, -0.25) is 4.79 Å². The summed E-state index contributed by atoms with van der Waals surface area (Å²) >= 11 is 3.31. The molecule has 4 heteroatoms. The van der Waals surface area contributed by atoms with Crippen LogP contribution in [0.4, 0.5) is 0 Å². The summed E-state index contributed by atoms with van der Waals surface area (Å²) in [4.78, 5) is 23.3. The number of carbonyl (C=O) groups excluding carboxylic acids is 1. The molecule has 0 bridgehead atoms. The average Bonchev–Trinajstić information content (AvgIpc) is 2.39. The standard InChI is InChI=1S/C15H11BrO3/c1-9-2-3-11(15(18)19)8-13(9)14(17)10-4-6-12(16)7-5-10/h2-8H,1H3,(H,18,19). The van der Waals surface area contributed by atoms with Crippen LogP contribution in [0.5, 0.6) is 0 Å². The van der Waals surface area contributed by atoms with Crippen LogP contribution in [-0.4, -0.2) is 16.9 Å². The van der Waals surface area contributed by atoms with Crippen molar-refractivity contribution in [2.75, 3.05) is 0 Å². The van der Waals surface area contributed by atoms with Gasteiger partial charge in [-0.05, 0) is 48.9 Å². The van der Waals surface area contributed by atoms with Crippen molar-refractivity contribution in [3.63, 3.8) is 0 Å². The number of benzene rings is 2. The third-order valence-electron chi connectivity index (χ3n) is 2.84. The lowest BCUT2D eigenvalue weighted by Crippen LogP contribution is -2.06. The van der Waals surface area contributed by atoms with Gasteiger partial charge < -0.3 is 5.11 Å². The largest absolute Gasteiger partial charge is 0.478 e. The Labute approximate surface area is 119 Å². The van der Waals surface area contributed by atoms with Crippen LogP contribution in [0.25, 0.3) is 0 Å². The molecule has 0 radical (unpaired) electrons. The molecule has 0 aromatic heterocycles. The monoisotopic (exact) mass is 318 g/mol. The molecule has 96 valence electrons. The van der Waals surface area contributed by atoms with Crippen molar-refractivity contribution in [2.45, 2.75) is 6.92 Å². The van der Waals surface area contributed by atoms with E-state index in [1.54, 1.807) is 37.3 Å². The molecule has 0 aliphatic heterocycles. The van der Waals surface area contributed by atoms with Crippen molar-refractivity contribution in [1.29, 1.82) is 0 Å². The molecule has 2 aromatic carbocycles. The number of rotatable bonds is 3. The first-order valence-electron chi connectivity index (χ1n) is 5.63. The van der Waals surface area contributed by atoms with Gasteiger partial charge in [0.2, 0.25) is 0 Å². The smallest absolute Gasteiger partial charge is 0.335 e. The van der Waals surface area contributed by atoms with Crippen LogP contribution in [-0.2, 0) is 0 Å². The minimum atomic E-state index is -1.04. The van der Waals surface area contributed by atoms with Crippen LogP contribution in [0.15, 0.2) is 46.9 Å². The van der Waals surface area contributed by atoms with Crippen molar-refractivity contribution in [3.05, 3.63) is 69.2 Å². The molecule has 1 N–H and O–H groups in total. The van der Waals surface area contributed by atoms with Crippen LogP contribution in [0, 0.1) is 6.92 Å². The van der Waals surface area contributed by atoms with Crippen LogP contribution < -0.4 is 0 Å². The van der Waals surface area contributed by atoms with Gasteiger partial charge in [0.25, 0.3) is 0 Å². The zero-order valence-electron chi connectivity index (χ0n) is 10.2. The molecule has 0 saturated heterocycles. The molecular formula is C15H11BrO3. The van der Waals surface area contributed by atoms with E-state index in [1.807, 2.05) is 0 Å². The first-order valence-corrected chi connectivity index (χ1v) is 6.42. The number of hydrogen-bond donors (Lipinski definition) is 1. The van der Waals surface area contributed by atoms with Gasteiger partial charge in [0.15, 0.2) is 5.78 Å². The van der Waals surface area contributed by atoms with Gasteiger partial charge in [-0.25, -0.2) is 4.79 Å². The summed E-state index contributed by atoms with van der Waals surface area (Å²) in [6, 6.07) is 11.5. The number of ketones is 1. The fourth-order valence-corrected chi connectivity index (χ4v) is 2.02. The van der Waals surface area contributed by atoms with E-state index < -0.39 is 5.97 Å². The fourth-order valence-electron chi connectivity index (χ4n) is 1.76. The Hall–Kier alpha value is -1.94. The molecule has 0 fully saturated rings. The number of carboxylic acids is 1. The second kappa shape index (κ2) is 5.36. The third kappa shape index (κ3) is 2.90. The van der Waals surface area contributed by atoms with Gasteiger partial charge >= 0.3 is 5.97 Å². The molecular weight excluding hydrogens is 308 g/mol. The summed E-state index contributed by atoms with van der Waals surface area (Å²) in [5.74, 6) is -1.21. The quantitative estimate of drug-likeness (QED) is 0.878. The molecule has 0 aliphatic carbocycles. The van der Waals surface area contributed by atoms with E-state index in [0.717, 1.165) is 10.0 Å². The highest BCUT2D eigenvalue weighted by Gasteiger charge is 2.14. The summed E-state index contributed by atoms with van der Waals surface area (Å²) in [6.45, 7) is 1.79. The molecule has 0 atom stereocenters. The number of hydrogen-bond acceptors (Lipinski definition) is 2. The normalized spacial score (nSPS) is 10.2. The van der Waals surface area contributed by atoms with Crippen LogP contribution >= 0.6 is 15.9 Å². The molecule has 0 saturated carbocycles. The van der Waals surface area contributed by atoms with Crippen molar-refractivity contribution < 1.29 is 14.7 Å². The van der Waals surface area contributed by atoms with Gasteiger partial charge in [-0.2, -0.15) is 0 Å². The molecule has 0 aliphatic rings. The Balaban J connectivity index is 2.46. The van der Waals surface area contributed by atoms with Crippen molar-refractivity contribution in [3.8, 4) is 0 Å². The Morgan fingerprint density at radius 1 is 1.00 bits per heavy atom. The van der Waals surface area contributed by atoms with Gasteiger partial charge in [0.1, 0.15) is 0 Å². The van der Waals surface area contributed by atoms with Crippen LogP contribution in [0.3, 0.4) is 0 Å². The number of aromatic carboxylic acids is 1. The van der Waals surface area contributed by atoms with E-state index in [0.29, 0.717) is 11.1 Å². The number of carboxylic acid groups (broad SMARTS) is 1. The Kier molecular flexibility index (Phi) is 3.81. The number of aryl methyl sites for hydroxylation is 1. The lowest BCUT2D eigenvalue weighted by atomic mass is 9.97. The minimum Gasteiger partial charge on any atom is -0.478 e. The highest BCUT2D eigenvalue weighted by Crippen LogP contribution is 2.18. The Morgan fingerprint density at radius 3 is 2.16 bits per heavy atom. The third-order valence-corrected chi connectivity index (χ3v) is 3.36. The first-order chi connectivity index (χ1) is 8.99. The van der Waals surface area contributed by atoms with E-state index in [4.69, 9.17) is 5.11 Å². The Bertz CT molecular complexity index is 645. The molecule has 19 heavy (non-hydrogen) atoms. The van der Waals surface area contributed by atoms with E-state index in [-0.39, 0.29) is 11.3 Å². The molecule has 3 nitrogen and oxygen atoms in total. The maximum Gasteiger partial charge on any atom is 0.335 e. The van der Waals surface area contributed by atoms with E-state index >= 15 is 0 Å². The van der Waals surface area contributed by atoms with Crippen LogP contribution in [0.2, 0.25) is 0 Å². The second-order valence-electron chi connectivity index (χ2n) is 4.17. The lowest BCUT2D eigenvalue weighted by molar-refractivity contribution is 0.0697. The molecule has 0 heterocycles. The summed E-state index contributed by atoms with van der Waals surface area (Å²) in [6.07, 6.45) is 0. The van der Waals surface area contributed by atoms with E-state index in [9.17, 15) is 9.59 Å². The molecule has 0 spiro atoms. The van der Waals surface area contributed by atoms with Crippen LogP contribution in [0.1, 0.15) is 31.8 Å². The van der Waals surface area contributed by atoms with Crippen molar-refractivity contribution in [1.82, 2.24) is 0 Å². The van der Waals surface area contributed by atoms with Crippen molar-refractivity contribution in [2.24, 2.45) is 0 Å². The summed E-state index contributed by atoms with van der Waals surface area (Å²) in [7, 11) is 0. The maximum absolute atomic E-state index is 12.3. The second-order valence-corrected chi connectivity index (χ2v) is 5.09. The van der Waals surface area contributed by atoms with Gasteiger partial charge in [-0.15, -0.1) is 0 Å². The minimum absolute atomic E-state index is 0.117. The summed E-state index contributed by atoms with van der Waals surface area (Å²) < 4.78 is 0.889. The predicted octanol–water partition coefficient (Wildman–Crippen LogP) is 3.69. The van der Waals surface area contributed by atoms with Gasteiger partial charge in [0, 0.05) is 15.6 Å². The van der Waals surface area contributed by atoms with Gasteiger partial charge in [0.05, 0.1) is 5.56 Å².